The summed E-state index contributed by atoms with van der Waals surface area (Å²) in [4.78, 5) is 0. The Morgan fingerprint density at radius 1 is 1.29 bits per heavy atom. The third-order valence-corrected chi connectivity index (χ3v) is 4.22. The fourth-order valence-electron chi connectivity index (χ4n) is 3.49. The molecule has 1 saturated carbocycles. The van der Waals surface area contributed by atoms with Crippen LogP contribution < -0.4 is 0 Å². The first-order valence-corrected chi connectivity index (χ1v) is 5.73. The molecular weight excluding hydrogens is 172 g/mol. The van der Waals surface area contributed by atoms with Crippen LogP contribution in [0.25, 0.3) is 0 Å². The summed E-state index contributed by atoms with van der Waals surface area (Å²) in [5, 5.41) is 0. The van der Waals surface area contributed by atoms with Gasteiger partial charge in [-0.15, -0.1) is 0 Å². The fraction of sp³-hybridized carbons (Fsp3) is 0.846. The van der Waals surface area contributed by atoms with E-state index >= 15 is 0 Å². The number of fused-ring (bicyclic) bond motifs is 1. The van der Waals surface area contributed by atoms with Gasteiger partial charge in [-0.2, -0.15) is 0 Å². The van der Waals surface area contributed by atoms with Gasteiger partial charge in [0.05, 0.1) is 6.10 Å². The van der Waals surface area contributed by atoms with Crippen molar-refractivity contribution in [3.63, 3.8) is 0 Å². The SMILES string of the molecule is COC1C=C2C(C)(C)CCCC2(C)C1. The molecule has 2 rings (SSSR count). The highest BCUT2D eigenvalue weighted by Gasteiger charge is 2.46. The highest BCUT2D eigenvalue weighted by Crippen LogP contribution is 2.56. The van der Waals surface area contributed by atoms with Gasteiger partial charge in [0.2, 0.25) is 0 Å². The Kier molecular flexibility index (Phi) is 2.26. The van der Waals surface area contributed by atoms with Crippen molar-refractivity contribution in [3.05, 3.63) is 11.6 Å². The van der Waals surface area contributed by atoms with E-state index in [0.29, 0.717) is 16.9 Å². The molecular formula is C13H22O. The van der Waals surface area contributed by atoms with E-state index in [0.717, 1.165) is 0 Å². The van der Waals surface area contributed by atoms with Crippen LogP contribution in [0.15, 0.2) is 11.6 Å². The molecule has 0 aromatic rings. The number of methoxy groups -OCH3 is 1. The van der Waals surface area contributed by atoms with Crippen LogP contribution in [-0.4, -0.2) is 13.2 Å². The maximum atomic E-state index is 5.49. The standard InChI is InChI=1S/C13H22O/c1-12(2)6-5-7-13(3)9-10(14-4)8-11(12)13/h8,10H,5-7,9H2,1-4H3. The Balaban J connectivity index is 2.32. The molecule has 0 N–H and O–H groups in total. The molecule has 0 saturated heterocycles. The Morgan fingerprint density at radius 3 is 2.57 bits per heavy atom. The van der Waals surface area contributed by atoms with Crippen LogP contribution in [0, 0.1) is 10.8 Å². The Morgan fingerprint density at radius 2 is 2.00 bits per heavy atom. The van der Waals surface area contributed by atoms with Crippen molar-refractivity contribution >= 4 is 0 Å². The van der Waals surface area contributed by atoms with Crippen LogP contribution in [0.4, 0.5) is 0 Å². The van der Waals surface area contributed by atoms with Gasteiger partial charge in [-0.25, -0.2) is 0 Å². The van der Waals surface area contributed by atoms with E-state index in [1.165, 1.54) is 25.7 Å². The summed E-state index contributed by atoms with van der Waals surface area (Å²) in [6.07, 6.45) is 8.01. The van der Waals surface area contributed by atoms with E-state index in [4.69, 9.17) is 4.74 Å². The van der Waals surface area contributed by atoms with Crippen molar-refractivity contribution in [2.24, 2.45) is 10.8 Å². The van der Waals surface area contributed by atoms with E-state index in [9.17, 15) is 0 Å². The van der Waals surface area contributed by atoms with Gasteiger partial charge in [-0.1, -0.05) is 38.8 Å². The monoisotopic (exact) mass is 194 g/mol. The third kappa shape index (κ3) is 1.42. The molecule has 0 bridgehead atoms. The molecule has 80 valence electrons. The third-order valence-electron chi connectivity index (χ3n) is 4.22. The summed E-state index contributed by atoms with van der Waals surface area (Å²) in [7, 11) is 1.83. The summed E-state index contributed by atoms with van der Waals surface area (Å²) >= 11 is 0. The van der Waals surface area contributed by atoms with Crippen molar-refractivity contribution in [1.82, 2.24) is 0 Å². The predicted octanol–water partition coefficient (Wildman–Crippen LogP) is 3.55. The van der Waals surface area contributed by atoms with Gasteiger partial charge in [0.15, 0.2) is 0 Å². The normalized spacial score (nSPS) is 40.6. The Bertz CT molecular complexity index is 264. The summed E-state index contributed by atoms with van der Waals surface area (Å²) in [5.41, 5.74) is 2.49. The lowest BCUT2D eigenvalue weighted by atomic mass is 9.62. The number of ether oxygens (including phenoxy) is 1. The Hall–Kier alpha value is -0.300. The van der Waals surface area contributed by atoms with Gasteiger partial charge in [-0.05, 0) is 30.1 Å². The highest BCUT2D eigenvalue weighted by molar-refractivity contribution is 5.30. The first kappa shape index (κ1) is 10.2. The van der Waals surface area contributed by atoms with E-state index in [2.05, 4.69) is 26.8 Å². The van der Waals surface area contributed by atoms with E-state index in [-0.39, 0.29) is 0 Å². The fourth-order valence-corrected chi connectivity index (χ4v) is 3.49. The number of allylic oxidation sites excluding steroid dienone is 1. The molecule has 0 heterocycles. The first-order chi connectivity index (χ1) is 6.48. The van der Waals surface area contributed by atoms with Gasteiger partial charge in [-0.3, -0.25) is 0 Å². The maximum absolute atomic E-state index is 5.49. The average molecular weight is 194 g/mol. The molecule has 2 aliphatic rings. The van der Waals surface area contributed by atoms with Crippen molar-refractivity contribution < 1.29 is 4.74 Å². The predicted molar refractivity (Wildman–Crippen MR) is 59.2 cm³/mol. The molecule has 0 spiro atoms. The van der Waals surface area contributed by atoms with Crippen LogP contribution >= 0.6 is 0 Å². The lowest BCUT2D eigenvalue weighted by molar-refractivity contribution is 0.104. The maximum Gasteiger partial charge on any atom is 0.0763 e. The van der Waals surface area contributed by atoms with E-state index in [1.807, 2.05) is 7.11 Å². The van der Waals surface area contributed by atoms with Crippen LogP contribution in [0.5, 0.6) is 0 Å². The molecule has 0 radical (unpaired) electrons. The minimum atomic E-state index is 0.368. The average Bonchev–Trinajstić information content (AvgIpc) is 2.43. The highest BCUT2D eigenvalue weighted by atomic mass is 16.5. The molecule has 1 fully saturated rings. The largest absolute Gasteiger partial charge is 0.377 e. The molecule has 2 atom stereocenters. The Labute approximate surface area is 87.5 Å². The van der Waals surface area contributed by atoms with Gasteiger partial charge in [0.25, 0.3) is 0 Å². The van der Waals surface area contributed by atoms with Crippen LogP contribution in [0.3, 0.4) is 0 Å². The summed E-state index contributed by atoms with van der Waals surface area (Å²) in [6, 6.07) is 0. The molecule has 0 aliphatic heterocycles. The lowest BCUT2D eigenvalue weighted by Crippen LogP contribution is -2.32. The first-order valence-electron chi connectivity index (χ1n) is 5.73. The molecule has 1 nitrogen and oxygen atoms in total. The number of hydrogen-bond donors (Lipinski definition) is 0. The van der Waals surface area contributed by atoms with Crippen molar-refractivity contribution in [1.29, 1.82) is 0 Å². The number of rotatable bonds is 1. The van der Waals surface area contributed by atoms with Crippen LogP contribution in [0.1, 0.15) is 46.5 Å². The van der Waals surface area contributed by atoms with Gasteiger partial charge >= 0.3 is 0 Å². The van der Waals surface area contributed by atoms with Gasteiger partial charge < -0.3 is 4.74 Å². The van der Waals surface area contributed by atoms with Crippen LogP contribution in [0.2, 0.25) is 0 Å². The molecule has 0 amide bonds. The zero-order chi connectivity index (χ0) is 10.4. The molecule has 2 unspecified atom stereocenters. The smallest absolute Gasteiger partial charge is 0.0763 e. The second kappa shape index (κ2) is 3.10. The summed E-state index contributed by atoms with van der Waals surface area (Å²) < 4.78 is 5.49. The minimum absolute atomic E-state index is 0.368. The van der Waals surface area contributed by atoms with Gasteiger partial charge in [0, 0.05) is 7.11 Å². The molecule has 14 heavy (non-hydrogen) atoms. The van der Waals surface area contributed by atoms with Crippen molar-refractivity contribution in [2.45, 2.75) is 52.6 Å². The molecule has 0 aromatic heterocycles. The molecule has 0 aromatic carbocycles. The second-order valence-electron chi connectivity index (χ2n) is 5.86. The molecule has 2 aliphatic carbocycles. The van der Waals surface area contributed by atoms with Gasteiger partial charge in [0.1, 0.15) is 0 Å². The van der Waals surface area contributed by atoms with Crippen LogP contribution in [-0.2, 0) is 4.74 Å². The second-order valence-corrected chi connectivity index (χ2v) is 5.86. The zero-order valence-corrected chi connectivity index (χ0v) is 9.89. The van der Waals surface area contributed by atoms with E-state index < -0.39 is 0 Å². The summed E-state index contributed by atoms with van der Waals surface area (Å²) in [5.74, 6) is 0. The zero-order valence-electron chi connectivity index (χ0n) is 9.89. The minimum Gasteiger partial charge on any atom is -0.377 e. The molecule has 1 heteroatoms. The number of hydrogen-bond acceptors (Lipinski definition) is 1. The topological polar surface area (TPSA) is 9.23 Å². The van der Waals surface area contributed by atoms with Crippen molar-refractivity contribution in [2.75, 3.05) is 7.11 Å². The van der Waals surface area contributed by atoms with E-state index in [1.54, 1.807) is 5.57 Å². The summed E-state index contributed by atoms with van der Waals surface area (Å²) in [6.45, 7) is 7.18. The quantitative estimate of drug-likeness (QED) is 0.580. The van der Waals surface area contributed by atoms with Crippen molar-refractivity contribution in [3.8, 4) is 0 Å². The lowest BCUT2D eigenvalue weighted by Gasteiger charge is -2.43.